The van der Waals surface area contributed by atoms with E-state index in [9.17, 15) is 5.11 Å². The number of hydrogen-bond acceptors (Lipinski definition) is 1. The van der Waals surface area contributed by atoms with Crippen molar-refractivity contribution in [2.75, 3.05) is 0 Å². The van der Waals surface area contributed by atoms with Crippen LogP contribution in [-0.2, 0) is 0 Å². The summed E-state index contributed by atoms with van der Waals surface area (Å²) >= 11 is 0. The lowest BCUT2D eigenvalue weighted by molar-refractivity contribution is 0.234. The fourth-order valence-electron chi connectivity index (χ4n) is 2.25. The standard InChI is InChI=1S/C13H22O/c1-10-6-5-9-13(3,4)12(10)8-7-11(2)14/h6-8,11-12,14H,5,9H2,1-4H3/t11-,12?/m0/s1. The Labute approximate surface area is 87.5 Å². The van der Waals surface area contributed by atoms with Crippen LogP contribution in [0.2, 0.25) is 0 Å². The van der Waals surface area contributed by atoms with Crippen molar-refractivity contribution in [3.05, 3.63) is 23.8 Å². The number of aliphatic hydroxyl groups excluding tert-OH is 1. The lowest BCUT2D eigenvalue weighted by Gasteiger charge is -2.36. The summed E-state index contributed by atoms with van der Waals surface area (Å²) in [5.74, 6) is 0.492. The van der Waals surface area contributed by atoms with Gasteiger partial charge in [0.25, 0.3) is 0 Å². The molecule has 1 rings (SSSR count). The van der Waals surface area contributed by atoms with E-state index in [0.29, 0.717) is 11.3 Å². The molecule has 14 heavy (non-hydrogen) atoms. The molecule has 0 aromatic carbocycles. The van der Waals surface area contributed by atoms with Gasteiger partial charge in [-0.15, -0.1) is 0 Å². The van der Waals surface area contributed by atoms with E-state index in [1.165, 1.54) is 18.4 Å². The molecular weight excluding hydrogens is 172 g/mol. The predicted molar refractivity (Wildman–Crippen MR) is 61.1 cm³/mol. The van der Waals surface area contributed by atoms with Crippen LogP contribution in [0.3, 0.4) is 0 Å². The van der Waals surface area contributed by atoms with Crippen molar-refractivity contribution < 1.29 is 5.11 Å². The first-order valence-corrected chi connectivity index (χ1v) is 5.46. The summed E-state index contributed by atoms with van der Waals surface area (Å²) in [5, 5.41) is 9.23. The van der Waals surface area contributed by atoms with Crippen molar-refractivity contribution in [1.82, 2.24) is 0 Å². The van der Waals surface area contributed by atoms with Crippen LogP contribution in [0.1, 0.15) is 40.5 Å². The first-order valence-electron chi connectivity index (χ1n) is 5.46. The van der Waals surface area contributed by atoms with Gasteiger partial charge < -0.3 is 5.11 Å². The van der Waals surface area contributed by atoms with Crippen molar-refractivity contribution in [1.29, 1.82) is 0 Å². The van der Waals surface area contributed by atoms with E-state index in [-0.39, 0.29) is 6.10 Å². The number of hydrogen-bond donors (Lipinski definition) is 1. The van der Waals surface area contributed by atoms with Crippen molar-refractivity contribution in [2.24, 2.45) is 11.3 Å². The van der Waals surface area contributed by atoms with Gasteiger partial charge in [0.05, 0.1) is 6.10 Å². The van der Waals surface area contributed by atoms with Gasteiger partial charge in [-0.3, -0.25) is 0 Å². The van der Waals surface area contributed by atoms with Crippen molar-refractivity contribution >= 4 is 0 Å². The molecule has 1 heteroatoms. The predicted octanol–water partition coefficient (Wildman–Crippen LogP) is 3.31. The van der Waals surface area contributed by atoms with Crippen LogP contribution in [0.15, 0.2) is 23.8 Å². The Bertz CT molecular complexity index is 246. The van der Waals surface area contributed by atoms with Gasteiger partial charge in [0, 0.05) is 5.92 Å². The molecule has 1 aliphatic carbocycles. The maximum atomic E-state index is 9.23. The highest BCUT2D eigenvalue weighted by atomic mass is 16.3. The van der Waals surface area contributed by atoms with Gasteiger partial charge in [0.15, 0.2) is 0 Å². The fourth-order valence-corrected chi connectivity index (χ4v) is 2.25. The monoisotopic (exact) mass is 194 g/mol. The molecule has 0 saturated carbocycles. The maximum absolute atomic E-state index is 9.23. The van der Waals surface area contributed by atoms with E-state index in [4.69, 9.17) is 0 Å². The minimum Gasteiger partial charge on any atom is -0.389 e. The maximum Gasteiger partial charge on any atom is 0.0692 e. The third kappa shape index (κ3) is 2.71. The van der Waals surface area contributed by atoms with Crippen LogP contribution in [0.25, 0.3) is 0 Å². The van der Waals surface area contributed by atoms with Crippen molar-refractivity contribution in [2.45, 2.75) is 46.6 Å². The summed E-state index contributed by atoms with van der Waals surface area (Å²) < 4.78 is 0. The number of rotatable bonds is 2. The van der Waals surface area contributed by atoms with E-state index in [1.807, 2.05) is 6.08 Å². The smallest absolute Gasteiger partial charge is 0.0692 e. The highest BCUT2D eigenvalue weighted by Crippen LogP contribution is 2.41. The molecule has 0 aromatic heterocycles. The molecule has 1 N–H and O–H groups in total. The third-order valence-corrected chi connectivity index (χ3v) is 3.17. The van der Waals surface area contributed by atoms with Crippen LogP contribution in [0, 0.1) is 11.3 Å². The van der Waals surface area contributed by atoms with Crippen LogP contribution >= 0.6 is 0 Å². The van der Waals surface area contributed by atoms with Crippen LogP contribution in [-0.4, -0.2) is 11.2 Å². The van der Waals surface area contributed by atoms with Gasteiger partial charge in [0.2, 0.25) is 0 Å². The summed E-state index contributed by atoms with van der Waals surface area (Å²) in [7, 11) is 0. The largest absolute Gasteiger partial charge is 0.389 e. The lowest BCUT2D eigenvalue weighted by Crippen LogP contribution is -2.26. The van der Waals surface area contributed by atoms with E-state index in [0.717, 1.165) is 0 Å². The SMILES string of the molecule is CC1=CCCC(C)(C)C1C=C[C@H](C)O. The second kappa shape index (κ2) is 4.31. The Morgan fingerprint density at radius 1 is 1.57 bits per heavy atom. The molecule has 0 amide bonds. The molecule has 0 heterocycles. The lowest BCUT2D eigenvalue weighted by atomic mass is 9.68. The average Bonchev–Trinajstić information content (AvgIpc) is 2.01. The zero-order chi connectivity index (χ0) is 10.8. The van der Waals surface area contributed by atoms with Crippen molar-refractivity contribution in [3.63, 3.8) is 0 Å². The van der Waals surface area contributed by atoms with Crippen molar-refractivity contribution in [3.8, 4) is 0 Å². The Kier molecular flexibility index (Phi) is 3.54. The van der Waals surface area contributed by atoms with Gasteiger partial charge in [-0.2, -0.15) is 0 Å². The van der Waals surface area contributed by atoms with Gasteiger partial charge in [-0.25, -0.2) is 0 Å². The molecule has 0 aliphatic heterocycles. The zero-order valence-electron chi connectivity index (χ0n) is 9.75. The minimum absolute atomic E-state index is 0.333. The summed E-state index contributed by atoms with van der Waals surface area (Å²) in [4.78, 5) is 0. The quantitative estimate of drug-likeness (QED) is 0.669. The summed E-state index contributed by atoms with van der Waals surface area (Å²) in [6.07, 6.45) is 8.48. The van der Waals surface area contributed by atoms with E-state index in [1.54, 1.807) is 6.92 Å². The highest BCUT2D eigenvalue weighted by Gasteiger charge is 2.30. The van der Waals surface area contributed by atoms with Gasteiger partial charge in [-0.05, 0) is 32.1 Å². The zero-order valence-corrected chi connectivity index (χ0v) is 9.75. The van der Waals surface area contributed by atoms with Gasteiger partial charge >= 0.3 is 0 Å². The Morgan fingerprint density at radius 2 is 2.21 bits per heavy atom. The molecule has 80 valence electrons. The first-order chi connectivity index (χ1) is 6.43. The van der Waals surface area contributed by atoms with E-state index >= 15 is 0 Å². The van der Waals surface area contributed by atoms with Crippen LogP contribution in [0.5, 0.6) is 0 Å². The second-order valence-corrected chi connectivity index (χ2v) is 5.08. The summed E-state index contributed by atoms with van der Waals surface area (Å²) in [6, 6.07) is 0. The molecule has 0 bridgehead atoms. The Balaban J connectivity index is 2.81. The molecule has 1 aliphatic rings. The van der Waals surface area contributed by atoms with Crippen LogP contribution in [0.4, 0.5) is 0 Å². The van der Waals surface area contributed by atoms with E-state index < -0.39 is 0 Å². The minimum atomic E-state index is -0.333. The molecule has 0 fully saturated rings. The van der Waals surface area contributed by atoms with Gasteiger partial charge in [-0.1, -0.05) is 37.6 Å². The molecule has 1 unspecified atom stereocenters. The third-order valence-electron chi connectivity index (χ3n) is 3.17. The topological polar surface area (TPSA) is 20.2 Å². The number of aliphatic hydroxyl groups is 1. The fraction of sp³-hybridized carbons (Fsp3) is 0.692. The molecule has 1 nitrogen and oxygen atoms in total. The average molecular weight is 194 g/mol. The number of allylic oxidation sites excluding steroid dienone is 3. The van der Waals surface area contributed by atoms with Crippen LogP contribution < -0.4 is 0 Å². The first kappa shape index (κ1) is 11.5. The Morgan fingerprint density at radius 3 is 2.71 bits per heavy atom. The normalized spacial score (nSPS) is 28.9. The molecule has 0 radical (unpaired) electrons. The highest BCUT2D eigenvalue weighted by molar-refractivity contribution is 5.19. The molecular formula is C13H22O. The molecule has 0 spiro atoms. The second-order valence-electron chi connectivity index (χ2n) is 5.08. The molecule has 0 aromatic rings. The molecule has 0 saturated heterocycles. The summed E-state index contributed by atoms with van der Waals surface area (Å²) in [6.45, 7) is 8.60. The summed E-state index contributed by atoms with van der Waals surface area (Å²) in [5.41, 5.74) is 1.78. The molecule has 2 atom stereocenters. The van der Waals surface area contributed by atoms with Gasteiger partial charge in [0.1, 0.15) is 0 Å². The Hall–Kier alpha value is -0.560. The van der Waals surface area contributed by atoms with E-state index in [2.05, 4.69) is 32.9 Å².